The van der Waals surface area contributed by atoms with Gasteiger partial charge in [0, 0.05) is 12.6 Å². The van der Waals surface area contributed by atoms with Gasteiger partial charge in [-0.25, -0.2) is 5.43 Å². The zero-order valence-corrected chi connectivity index (χ0v) is 20.4. The Hall–Kier alpha value is -2.65. The Balaban J connectivity index is 1.68. The van der Waals surface area contributed by atoms with Crippen LogP contribution in [0.3, 0.4) is 0 Å². The zero-order valence-electron chi connectivity index (χ0n) is 17.3. The van der Waals surface area contributed by atoms with E-state index in [4.69, 9.17) is 44.3 Å². The monoisotopic (exact) mass is 525 g/mol. The molecule has 172 valence electrons. The third-order valence-electron chi connectivity index (χ3n) is 4.22. The fourth-order valence-corrected chi connectivity index (χ4v) is 4.17. The number of halogens is 3. The van der Waals surface area contributed by atoms with Gasteiger partial charge in [0.2, 0.25) is 0 Å². The molecule has 1 heterocycles. The van der Waals surface area contributed by atoms with Gasteiger partial charge >= 0.3 is 0 Å². The topological polar surface area (TPSA) is 80.2 Å². The Labute approximate surface area is 210 Å². The van der Waals surface area contributed by atoms with Crippen LogP contribution < -0.4 is 14.9 Å². The van der Waals surface area contributed by atoms with Crippen LogP contribution in [0.1, 0.15) is 5.56 Å². The molecule has 1 saturated heterocycles. The van der Waals surface area contributed by atoms with E-state index in [1.165, 1.54) is 17.0 Å². The number of methoxy groups -OCH3 is 1. The van der Waals surface area contributed by atoms with Gasteiger partial charge in [-0.2, -0.15) is 0 Å². The fourth-order valence-electron chi connectivity index (χ4n) is 2.63. The summed E-state index contributed by atoms with van der Waals surface area (Å²) in [6.07, 6.45) is 3.31. The molecule has 2 aromatic rings. The van der Waals surface area contributed by atoms with Crippen molar-refractivity contribution in [2.24, 2.45) is 5.10 Å². The van der Waals surface area contributed by atoms with Gasteiger partial charge in [0.25, 0.3) is 11.8 Å². The maximum absolute atomic E-state index is 12.8. The summed E-state index contributed by atoms with van der Waals surface area (Å²) < 4.78 is 10.5. The van der Waals surface area contributed by atoms with Gasteiger partial charge in [0.05, 0.1) is 27.1 Å². The summed E-state index contributed by atoms with van der Waals surface area (Å²) in [6, 6.07) is 10.1. The van der Waals surface area contributed by atoms with Crippen LogP contribution in [0.5, 0.6) is 11.5 Å². The maximum Gasteiger partial charge on any atom is 0.278 e. The Bertz CT molecular complexity index is 1140. The number of nitrogens with zero attached hydrogens (tertiary/aromatic N) is 2. The Morgan fingerprint density at radius 2 is 1.88 bits per heavy atom. The quantitative estimate of drug-likeness (QED) is 0.221. The molecule has 1 N–H and O–H groups in total. The zero-order chi connectivity index (χ0) is 24.0. The SMILES string of the molecule is C=CCN1C(=O)/C(=C/c2ccc(OC)cc2)S/C1=N/NC(=O)COc1cc(Cl)c(Cl)cc1Cl. The lowest BCUT2D eigenvalue weighted by atomic mass is 10.2. The molecule has 0 atom stereocenters. The number of amides is 2. The molecule has 0 unspecified atom stereocenters. The Kier molecular flexibility index (Phi) is 8.68. The minimum absolute atomic E-state index is 0.206. The second-order valence-electron chi connectivity index (χ2n) is 6.50. The van der Waals surface area contributed by atoms with Gasteiger partial charge in [-0.15, -0.1) is 11.7 Å². The van der Waals surface area contributed by atoms with Crippen LogP contribution in [0.25, 0.3) is 6.08 Å². The number of nitrogens with one attached hydrogen (secondary N) is 1. The van der Waals surface area contributed by atoms with Crippen LogP contribution in [0.15, 0.2) is 59.1 Å². The lowest BCUT2D eigenvalue weighted by Crippen LogP contribution is -2.32. The van der Waals surface area contributed by atoms with Crippen molar-refractivity contribution in [3.8, 4) is 11.5 Å². The van der Waals surface area contributed by atoms with E-state index in [-0.39, 0.29) is 39.9 Å². The Morgan fingerprint density at radius 1 is 1.18 bits per heavy atom. The smallest absolute Gasteiger partial charge is 0.278 e. The number of carbonyl (C=O) groups is 2. The molecule has 0 spiro atoms. The number of hydrogen-bond donors (Lipinski definition) is 1. The number of hydrogen-bond acceptors (Lipinski definition) is 6. The number of carbonyl (C=O) groups excluding carboxylic acids is 2. The van der Waals surface area contributed by atoms with Gasteiger partial charge in [0.1, 0.15) is 11.5 Å². The molecule has 3 rings (SSSR count). The van der Waals surface area contributed by atoms with Gasteiger partial charge in [-0.05, 0) is 41.6 Å². The normalized spacial score (nSPS) is 15.8. The first-order valence-corrected chi connectivity index (χ1v) is 11.4. The highest BCUT2D eigenvalue weighted by Gasteiger charge is 2.33. The van der Waals surface area contributed by atoms with Crippen molar-refractivity contribution in [2.75, 3.05) is 20.3 Å². The number of thioether (sulfide) groups is 1. The van der Waals surface area contributed by atoms with Crippen LogP contribution in [0, 0.1) is 0 Å². The number of hydrazone groups is 1. The molecule has 0 bridgehead atoms. The van der Waals surface area contributed by atoms with Crippen molar-refractivity contribution < 1.29 is 19.1 Å². The minimum atomic E-state index is -0.552. The maximum atomic E-state index is 12.8. The van der Waals surface area contributed by atoms with Crippen molar-refractivity contribution >= 4 is 69.6 Å². The molecular formula is C22H18Cl3N3O4S. The number of benzene rings is 2. The standard InChI is InChI=1S/C22H18Cl3N3O4S/c1-3-8-28-21(30)19(9-13-4-6-14(31-2)7-5-13)33-22(28)27-26-20(29)12-32-18-11-16(24)15(23)10-17(18)25/h3-7,9-11H,1,8,12H2,2H3,(H,26,29)/b19-9-,27-22+. The molecule has 0 radical (unpaired) electrons. The average molecular weight is 527 g/mol. The number of ether oxygens (including phenoxy) is 2. The van der Waals surface area contributed by atoms with Crippen LogP contribution in [0.4, 0.5) is 0 Å². The average Bonchev–Trinajstić information content (AvgIpc) is 3.09. The van der Waals surface area contributed by atoms with E-state index in [1.807, 2.05) is 12.1 Å². The third kappa shape index (κ3) is 6.45. The van der Waals surface area contributed by atoms with Crippen LogP contribution in [-0.4, -0.2) is 42.1 Å². The van der Waals surface area contributed by atoms with Gasteiger partial charge in [-0.3, -0.25) is 14.5 Å². The van der Waals surface area contributed by atoms with Crippen LogP contribution >= 0.6 is 46.6 Å². The summed E-state index contributed by atoms with van der Waals surface area (Å²) in [7, 11) is 1.58. The summed E-state index contributed by atoms with van der Waals surface area (Å²) in [5.41, 5.74) is 3.20. The first kappa shape index (κ1) is 25.0. The van der Waals surface area contributed by atoms with Gasteiger partial charge in [-0.1, -0.05) is 53.0 Å². The molecule has 2 aromatic carbocycles. The molecule has 33 heavy (non-hydrogen) atoms. The second kappa shape index (κ2) is 11.5. The molecule has 7 nitrogen and oxygen atoms in total. The van der Waals surface area contributed by atoms with Crippen molar-refractivity contribution in [2.45, 2.75) is 0 Å². The fraction of sp³-hybridized carbons (Fsp3) is 0.136. The number of rotatable bonds is 8. The summed E-state index contributed by atoms with van der Waals surface area (Å²) >= 11 is 19.0. The van der Waals surface area contributed by atoms with Crippen molar-refractivity contribution in [3.05, 3.63) is 74.6 Å². The lowest BCUT2D eigenvalue weighted by molar-refractivity contribution is -0.123. The van der Waals surface area contributed by atoms with Crippen LogP contribution in [-0.2, 0) is 9.59 Å². The van der Waals surface area contributed by atoms with Crippen molar-refractivity contribution in [1.29, 1.82) is 0 Å². The molecular weight excluding hydrogens is 509 g/mol. The first-order chi connectivity index (χ1) is 15.8. The molecule has 1 fully saturated rings. The predicted molar refractivity (Wildman–Crippen MR) is 133 cm³/mol. The van der Waals surface area contributed by atoms with E-state index in [0.29, 0.717) is 15.8 Å². The summed E-state index contributed by atoms with van der Waals surface area (Å²) in [5, 5.41) is 5.11. The van der Waals surface area contributed by atoms with E-state index in [2.05, 4.69) is 17.1 Å². The molecule has 0 saturated carbocycles. The number of amidine groups is 1. The molecule has 0 aromatic heterocycles. The van der Waals surface area contributed by atoms with Crippen molar-refractivity contribution in [3.63, 3.8) is 0 Å². The molecule has 1 aliphatic rings. The minimum Gasteiger partial charge on any atom is -0.497 e. The molecule has 0 aliphatic carbocycles. The molecule has 2 amide bonds. The highest BCUT2D eigenvalue weighted by molar-refractivity contribution is 8.18. The predicted octanol–water partition coefficient (Wildman–Crippen LogP) is 5.22. The summed E-state index contributed by atoms with van der Waals surface area (Å²) in [5.74, 6) is 0.119. The lowest BCUT2D eigenvalue weighted by Gasteiger charge is -2.12. The van der Waals surface area contributed by atoms with E-state index in [1.54, 1.807) is 31.4 Å². The largest absolute Gasteiger partial charge is 0.497 e. The first-order valence-electron chi connectivity index (χ1n) is 9.42. The highest BCUT2D eigenvalue weighted by atomic mass is 35.5. The van der Waals surface area contributed by atoms with Crippen LogP contribution in [0.2, 0.25) is 15.1 Å². The summed E-state index contributed by atoms with van der Waals surface area (Å²) in [4.78, 5) is 26.9. The third-order valence-corrected chi connectivity index (χ3v) is 6.25. The molecule has 11 heteroatoms. The van der Waals surface area contributed by atoms with E-state index in [9.17, 15) is 9.59 Å². The van der Waals surface area contributed by atoms with E-state index >= 15 is 0 Å². The Morgan fingerprint density at radius 3 is 2.55 bits per heavy atom. The van der Waals surface area contributed by atoms with E-state index < -0.39 is 5.91 Å². The second-order valence-corrected chi connectivity index (χ2v) is 8.73. The van der Waals surface area contributed by atoms with E-state index in [0.717, 1.165) is 17.3 Å². The molecule has 1 aliphatic heterocycles. The highest BCUT2D eigenvalue weighted by Crippen LogP contribution is 2.34. The van der Waals surface area contributed by atoms with Gasteiger partial charge < -0.3 is 9.47 Å². The van der Waals surface area contributed by atoms with Gasteiger partial charge in [0.15, 0.2) is 11.8 Å². The van der Waals surface area contributed by atoms with Crippen molar-refractivity contribution in [1.82, 2.24) is 10.3 Å². The summed E-state index contributed by atoms with van der Waals surface area (Å²) in [6.45, 7) is 3.53.